The van der Waals surface area contributed by atoms with Gasteiger partial charge in [0.2, 0.25) is 0 Å². The van der Waals surface area contributed by atoms with Gasteiger partial charge in [0.05, 0.1) is 23.0 Å². The van der Waals surface area contributed by atoms with E-state index in [1.54, 1.807) is 0 Å². The summed E-state index contributed by atoms with van der Waals surface area (Å²) in [6.07, 6.45) is 1.75. The second-order valence-electron chi connectivity index (χ2n) is 4.31. The molecule has 90 valence electrons. The lowest BCUT2D eigenvalue weighted by molar-refractivity contribution is 0.0571. The first kappa shape index (κ1) is 12.2. The lowest BCUT2D eigenvalue weighted by atomic mass is 9.96. The van der Waals surface area contributed by atoms with Gasteiger partial charge in [0.25, 0.3) is 0 Å². The Balaban J connectivity index is 2.13. The van der Waals surface area contributed by atoms with Gasteiger partial charge in [0.1, 0.15) is 0 Å². The first-order chi connectivity index (χ1) is 7.59. The Bertz CT molecular complexity index is 378. The van der Waals surface area contributed by atoms with Crippen molar-refractivity contribution in [3.8, 4) is 0 Å². The molecular formula is C11H16Cl2N2O. The number of aromatic nitrogens is 2. The summed E-state index contributed by atoms with van der Waals surface area (Å²) in [5.41, 5.74) is 1.93. The van der Waals surface area contributed by atoms with Crippen LogP contribution in [0.2, 0.25) is 5.02 Å². The molecule has 2 rings (SSSR count). The normalized spacial score (nSPS) is 26.0. The average Bonchev–Trinajstić information content (AvgIpc) is 2.48. The van der Waals surface area contributed by atoms with Crippen LogP contribution < -0.4 is 0 Å². The number of alkyl halides is 1. The van der Waals surface area contributed by atoms with Gasteiger partial charge < -0.3 is 4.74 Å². The maximum Gasteiger partial charge on any atom is 0.0847 e. The van der Waals surface area contributed by atoms with Crippen molar-refractivity contribution < 1.29 is 4.74 Å². The molecule has 0 aliphatic carbocycles. The fourth-order valence-electron chi connectivity index (χ4n) is 2.11. The zero-order valence-corrected chi connectivity index (χ0v) is 11.1. The van der Waals surface area contributed by atoms with Gasteiger partial charge in [-0.2, -0.15) is 5.10 Å². The van der Waals surface area contributed by atoms with Gasteiger partial charge in [-0.25, -0.2) is 0 Å². The molecule has 5 heteroatoms. The molecule has 1 aliphatic rings. The summed E-state index contributed by atoms with van der Waals surface area (Å²) in [5, 5.41) is 5.24. The van der Waals surface area contributed by atoms with E-state index in [-0.39, 0.29) is 5.38 Å². The summed E-state index contributed by atoms with van der Waals surface area (Å²) in [6.45, 7) is 3.40. The van der Waals surface area contributed by atoms with E-state index in [1.807, 2.05) is 18.7 Å². The third-order valence-electron chi connectivity index (χ3n) is 3.10. The van der Waals surface area contributed by atoms with E-state index < -0.39 is 0 Å². The fraction of sp³-hybridized carbons (Fsp3) is 0.727. The van der Waals surface area contributed by atoms with Crippen LogP contribution in [0.4, 0.5) is 0 Å². The first-order valence-corrected chi connectivity index (χ1v) is 6.31. The Kier molecular flexibility index (Phi) is 3.77. The molecule has 0 bridgehead atoms. The Morgan fingerprint density at radius 3 is 2.88 bits per heavy atom. The van der Waals surface area contributed by atoms with Crippen LogP contribution >= 0.6 is 23.2 Å². The monoisotopic (exact) mass is 262 g/mol. The minimum atomic E-state index is 0.181. The predicted molar refractivity (Wildman–Crippen MR) is 65.2 cm³/mol. The topological polar surface area (TPSA) is 27.1 Å². The standard InChI is InChI=1S/C11H16Cl2N2O/c1-7-11(13)10(15(2)14-7)5-8-6-16-4-3-9(8)12/h8-9H,3-6H2,1-2H3. The summed E-state index contributed by atoms with van der Waals surface area (Å²) >= 11 is 12.5. The molecule has 0 N–H and O–H groups in total. The fourth-order valence-corrected chi connectivity index (χ4v) is 2.60. The van der Waals surface area contributed by atoms with E-state index in [4.69, 9.17) is 27.9 Å². The Morgan fingerprint density at radius 1 is 1.56 bits per heavy atom. The molecule has 1 aromatic rings. The summed E-state index contributed by atoms with van der Waals surface area (Å²) < 4.78 is 7.30. The molecule has 2 unspecified atom stereocenters. The van der Waals surface area contributed by atoms with Gasteiger partial charge in [0.15, 0.2) is 0 Å². The van der Waals surface area contributed by atoms with Crippen LogP contribution in [0.15, 0.2) is 0 Å². The van der Waals surface area contributed by atoms with Crippen molar-refractivity contribution in [2.75, 3.05) is 13.2 Å². The van der Waals surface area contributed by atoms with Gasteiger partial charge in [-0.15, -0.1) is 11.6 Å². The molecule has 1 aromatic heterocycles. The van der Waals surface area contributed by atoms with Gasteiger partial charge in [-0.05, 0) is 19.8 Å². The number of hydrogen-bond donors (Lipinski definition) is 0. The summed E-state index contributed by atoms with van der Waals surface area (Å²) in [6, 6.07) is 0. The van der Waals surface area contributed by atoms with Crippen LogP contribution in [0.3, 0.4) is 0 Å². The zero-order valence-electron chi connectivity index (χ0n) is 9.54. The van der Waals surface area contributed by atoms with Crippen LogP contribution in [0.25, 0.3) is 0 Å². The number of hydrogen-bond acceptors (Lipinski definition) is 2. The quantitative estimate of drug-likeness (QED) is 0.767. The predicted octanol–water partition coefficient (Wildman–Crippen LogP) is 2.57. The third-order valence-corrected chi connectivity index (χ3v) is 4.16. The number of aryl methyl sites for hydroxylation is 2. The van der Waals surface area contributed by atoms with E-state index in [1.165, 1.54) is 0 Å². The van der Waals surface area contributed by atoms with Crippen LogP contribution in [0.5, 0.6) is 0 Å². The highest BCUT2D eigenvalue weighted by Gasteiger charge is 2.26. The third kappa shape index (κ3) is 2.36. The Morgan fingerprint density at radius 2 is 2.31 bits per heavy atom. The van der Waals surface area contributed by atoms with Gasteiger partial charge in [0, 0.05) is 24.9 Å². The molecule has 16 heavy (non-hydrogen) atoms. The largest absolute Gasteiger partial charge is 0.381 e. The number of halogens is 2. The van der Waals surface area contributed by atoms with E-state index >= 15 is 0 Å². The van der Waals surface area contributed by atoms with Crippen molar-refractivity contribution in [2.45, 2.75) is 25.1 Å². The minimum absolute atomic E-state index is 0.181. The highest BCUT2D eigenvalue weighted by molar-refractivity contribution is 6.31. The second kappa shape index (κ2) is 4.94. The number of rotatable bonds is 2. The molecule has 1 saturated heterocycles. The Hall–Kier alpha value is -0.250. The molecule has 2 atom stereocenters. The SMILES string of the molecule is Cc1nn(C)c(CC2COCCC2Cl)c1Cl. The average molecular weight is 263 g/mol. The van der Waals surface area contributed by atoms with Crippen molar-refractivity contribution in [1.29, 1.82) is 0 Å². The molecule has 2 heterocycles. The van der Waals surface area contributed by atoms with Crippen molar-refractivity contribution in [2.24, 2.45) is 13.0 Å². The molecule has 0 aromatic carbocycles. The highest BCUT2D eigenvalue weighted by atomic mass is 35.5. The van der Waals surface area contributed by atoms with Crippen molar-refractivity contribution >= 4 is 23.2 Å². The van der Waals surface area contributed by atoms with Crippen LogP contribution in [0.1, 0.15) is 17.8 Å². The smallest absolute Gasteiger partial charge is 0.0847 e. The molecule has 0 spiro atoms. The van der Waals surface area contributed by atoms with Crippen molar-refractivity contribution in [3.05, 3.63) is 16.4 Å². The number of nitrogens with zero attached hydrogens (tertiary/aromatic N) is 2. The molecular weight excluding hydrogens is 247 g/mol. The Labute approximate surface area is 106 Å². The molecule has 0 saturated carbocycles. The molecule has 1 aliphatic heterocycles. The molecule has 3 nitrogen and oxygen atoms in total. The van der Waals surface area contributed by atoms with Crippen molar-refractivity contribution in [1.82, 2.24) is 9.78 Å². The van der Waals surface area contributed by atoms with Gasteiger partial charge in [-0.3, -0.25) is 4.68 Å². The second-order valence-corrected chi connectivity index (χ2v) is 5.25. The van der Waals surface area contributed by atoms with Crippen LogP contribution in [-0.4, -0.2) is 28.4 Å². The lowest BCUT2D eigenvalue weighted by Gasteiger charge is -2.27. The molecule has 0 amide bonds. The van der Waals surface area contributed by atoms with Gasteiger partial charge in [-0.1, -0.05) is 11.6 Å². The van der Waals surface area contributed by atoms with Crippen molar-refractivity contribution in [3.63, 3.8) is 0 Å². The number of ether oxygens (including phenoxy) is 1. The van der Waals surface area contributed by atoms with E-state index in [0.717, 1.165) is 35.9 Å². The summed E-state index contributed by atoms with van der Waals surface area (Å²) in [4.78, 5) is 0. The first-order valence-electron chi connectivity index (χ1n) is 5.49. The maximum atomic E-state index is 6.29. The lowest BCUT2D eigenvalue weighted by Crippen LogP contribution is -2.30. The summed E-state index contributed by atoms with van der Waals surface area (Å²) in [5.74, 6) is 0.336. The maximum absolute atomic E-state index is 6.29. The van der Waals surface area contributed by atoms with Crippen LogP contribution in [-0.2, 0) is 18.2 Å². The zero-order chi connectivity index (χ0) is 11.7. The van der Waals surface area contributed by atoms with E-state index in [2.05, 4.69) is 5.10 Å². The van der Waals surface area contributed by atoms with E-state index in [0.29, 0.717) is 12.5 Å². The molecule has 1 fully saturated rings. The van der Waals surface area contributed by atoms with E-state index in [9.17, 15) is 0 Å². The van der Waals surface area contributed by atoms with Crippen LogP contribution in [0, 0.1) is 12.8 Å². The summed E-state index contributed by atoms with van der Waals surface area (Å²) in [7, 11) is 1.92. The highest BCUT2D eigenvalue weighted by Crippen LogP contribution is 2.28. The minimum Gasteiger partial charge on any atom is -0.381 e. The van der Waals surface area contributed by atoms with Gasteiger partial charge >= 0.3 is 0 Å². The molecule has 0 radical (unpaired) electrons.